The van der Waals surface area contributed by atoms with Crippen molar-refractivity contribution in [3.63, 3.8) is 0 Å². The number of ether oxygens (including phenoxy) is 3. The summed E-state index contributed by atoms with van der Waals surface area (Å²) >= 11 is 0. The molecule has 1 heterocycles. The van der Waals surface area contributed by atoms with Gasteiger partial charge in [-0.3, -0.25) is 0 Å². The van der Waals surface area contributed by atoms with Gasteiger partial charge in [-0.2, -0.15) is 0 Å². The summed E-state index contributed by atoms with van der Waals surface area (Å²) < 4.78 is 17.4. The third-order valence-corrected chi connectivity index (χ3v) is 5.65. The van der Waals surface area contributed by atoms with E-state index < -0.39 is 12.2 Å². The van der Waals surface area contributed by atoms with Crippen LogP contribution < -0.4 is 0 Å². The van der Waals surface area contributed by atoms with Crippen molar-refractivity contribution in [3.8, 4) is 0 Å². The summed E-state index contributed by atoms with van der Waals surface area (Å²) in [6, 6.07) is 5.41. The molecule has 3 atom stereocenters. The number of fused-ring (bicyclic) bond motifs is 3. The van der Waals surface area contributed by atoms with Crippen molar-refractivity contribution in [2.45, 2.75) is 38.9 Å². The van der Waals surface area contributed by atoms with E-state index in [0.717, 1.165) is 17.6 Å². The molecule has 3 unspecified atom stereocenters. The molecule has 0 saturated heterocycles. The molecule has 152 valence electrons. The zero-order chi connectivity index (χ0) is 20.5. The van der Waals surface area contributed by atoms with Gasteiger partial charge in [0.25, 0.3) is 0 Å². The third kappa shape index (κ3) is 3.87. The molecule has 2 aliphatic carbocycles. The molecule has 1 aliphatic heterocycles. The van der Waals surface area contributed by atoms with E-state index in [1.165, 1.54) is 5.57 Å². The Balaban J connectivity index is 1.60. The normalized spacial score (nSPS) is 24.1. The van der Waals surface area contributed by atoms with E-state index in [9.17, 15) is 9.90 Å². The van der Waals surface area contributed by atoms with Crippen molar-refractivity contribution in [2.24, 2.45) is 5.92 Å². The van der Waals surface area contributed by atoms with E-state index in [1.807, 2.05) is 18.2 Å². The fraction of sp³-hybridized carbons (Fsp3) is 0.375. The Morgan fingerprint density at radius 2 is 2.14 bits per heavy atom. The topological polar surface area (TPSA) is 65.0 Å². The van der Waals surface area contributed by atoms with Crippen LogP contribution in [0.4, 0.5) is 0 Å². The van der Waals surface area contributed by atoms with Crippen LogP contribution in [0.15, 0.2) is 59.6 Å². The predicted octanol–water partition coefficient (Wildman–Crippen LogP) is 4.46. The summed E-state index contributed by atoms with van der Waals surface area (Å²) in [4.78, 5) is 12.6. The van der Waals surface area contributed by atoms with Crippen LogP contribution >= 0.6 is 0 Å². The standard InChI is InChI=1S/C24H26O5/c1-14-4-6-16(7-5-14)13-28-23-12-21-19(11-22(23)27-3)18-9-8-17(15(2)25)10-20(18)24(26)29-21/h4-6,8-11,15-16,21,25H,7,12-13H2,1-3H3. The maximum absolute atomic E-state index is 12.6. The first-order valence-electron chi connectivity index (χ1n) is 9.96. The van der Waals surface area contributed by atoms with Crippen LogP contribution in [0.3, 0.4) is 0 Å². The first-order valence-corrected chi connectivity index (χ1v) is 9.96. The van der Waals surface area contributed by atoms with Gasteiger partial charge in [-0.1, -0.05) is 35.9 Å². The summed E-state index contributed by atoms with van der Waals surface area (Å²) in [5.41, 5.74) is 4.15. The highest BCUT2D eigenvalue weighted by atomic mass is 16.6. The molecular weight excluding hydrogens is 368 g/mol. The zero-order valence-electron chi connectivity index (χ0n) is 17.0. The molecule has 0 radical (unpaired) electrons. The number of allylic oxidation sites excluding steroid dienone is 4. The molecule has 1 N–H and O–H groups in total. The van der Waals surface area contributed by atoms with E-state index in [2.05, 4.69) is 25.2 Å². The van der Waals surface area contributed by atoms with Gasteiger partial charge in [-0.15, -0.1) is 0 Å². The third-order valence-electron chi connectivity index (χ3n) is 5.65. The number of carbonyl (C=O) groups is 1. The number of rotatable bonds is 5. The van der Waals surface area contributed by atoms with Gasteiger partial charge in [-0.25, -0.2) is 4.79 Å². The number of hydrogen-bond donors (Lipinski definition) is 1. The quantitative estimate of drug-likeness (QED) is 0.747. The fourth-order valence-electron chi connectivity index (χ4n) is 3.89. The summed E-state index contributed by atoms with van der Waals surface area (Å²) in [5.74, 6) is 1.31. The summed E-state index contributed by atoms with van der Waals surface area (Å²) in [5, 5.41) is 9.82. The first-order chi connectivity index (χ1) is 14.0. The molecule has 3 aliphatic rings. The maximum atomic E-state index is 12.6. The van der Waals surface area contributed by atoms with Crippen LogP contribution in [0, 0.1) is 5.92 Å². The summed E-state index contributed by atoms with van der Waals surface area (Å²) in [7, 11) is 1.62. The number of aliphatic hydroxyl groups is 1. The average molecular weight is 394 g/mol. The minimum absolute atomic E-state index is 0.322. The van der Waals surface area contributed by atoms with E-state index in [1.54, 1.807) is 20.1 Å². The molecule has 1 aromatic carbocycles. The number of hydrogen-bond acceptors (Lipinski definition) is 5. The van der Waals surface area contributed by atoms with Crippen molar-refractivity contribution in [3.05, 3.63) is 76.3 Å². The lowest BCUT2D eigenvalue weighted by molar-refractivity contribution is 0.0337. The van der Waals surface area contributed by atoms with Crippen molar-refractivity contribution >= 4 is 11.5 Å². The lowest BCUT2D eigenvalue weighted by atomic mass is 9.86. The van der Waals surface area contributed by atoms with Crippen LogP contribution in [0.2, 0.25) is 0 Å². The number of methoxy groups -OCH3 is 1. The molecule has 29 heavy (non-hydrogen) atoms. The largest absolute Gasteiger partial charge is 0.493 e. The number of benzene rings is 1. The van der Waals surface area contributed by atoms with Crippen molar-refractivity contribution in [2.75, 3.05) is 13.7 Å². The second-order valence-electron chi connectivity index (χ2n) is 7.78. The van der Waals surface area contributed by atoms with Crippen LogP contribution in [-0.2, 0) is 14.2 Å². The molecule has 0 amide bonds. The van der Waals surface area contributed by atoms with Gasteiger partial charge in [-0.05, 0) is 43.5 Å². The zero-order valence-corrected chi connectivity index (χ0v) is 17.0. The van der Waals surface area contributed by atoms with Gasteiger partial charge in [0.05, 0.1) is 31.8 Å². The Bertz CT molecular complexity index is 948. The average Bonchev–Trinajstić information content (AvgIpc) is 2.72. The minimum Gasteiger partial charge on any atom is -0.493 e. The molecule has 5 nitrogen and oxygen atoms in total. The van der Waals surface area contributed by atoms with E-state index in [0.29, 0.717) is 41.6 Å². The van der Waals surface area contributed by atoms with Crippen LogP contribution in [0.1, 0.15) is 54.3 Å². The number of aliphatic hydroxyl groups excluding tert-OH is 1. The van der Waals surface area contributed by atoms with Gasteiger partial charge in [0.1, 0.15) is 11.9 Å². The molecule has 0 spiro atoms. The number of esters is 1. The van der Waals surface area contributed by atoms with Crippen molar-refractivity contribution < 1.29 is 24.1 Å². The second kappa shape index (κ2) is 7.91. The number of carbonyl (C=O) groups excluding carboxylic acids is 1. The summed E-state index contributed by atoms with van der Waals surface area (Å²) in [6.07, 6.45) is 8.75. The highest BCUT2D eigenvalue weighted by Gasteiger charge is 2.36. The summed E-state index contributed by atoms with van der Waals surface area (Å²) in [6.45, 7) is 4.32. The molecular formula is C24H26O5. The fourth-order valence-corrected chi connectivity index (χ4v) is 3.89. The van der Waals surface area contributed by atoms with Gasteiger partial charge in [0.2, 0.25) is 0 Å². The van der Waals surface area contributed by atoms with Gasteiger partial charge in [0.15, 0.2) is 5.76 Å². The Hall–Kier alpha value is -2.79. The highest BCUT2D eigenvalue weighted by molar-refractivity contribution is 6.00. The Kier molecular flexibility index (Phi) is 5.33. The Morgan fingerprint density at radius 1 is 1.31 bits per heavy atom. The Labute approximate surface area is 171 Å². The van der Waals surface area contributed by atoms with Crippen molar-refractivity contribution in [1.82, 2.24) is 0 Å². The maximum Gasteiger partial charge on any atom is 0.339 e. The van der Waals surface area contributed by atoms with Crippen molar-refractivity contribution in [1.29, 1.82) is 0 Å². The van der Waals surface area contributed by atoms with E-state index >= 15 is 0 Å². The Morgan fingerprint density at radius 3 is 2.83 bits per heavy atom. The minimum atomic E-state index is -0.645. The van der Waals surface area contributed by atoms with Gasteiger partial charge >= 0.3 is 5.97 Å². The lowest BCUT2D eigenvalue weighted by Gasteiger charge is -2.32. The van der Waals surface area contributed by atoms with Crippen LogP contribution in [0.25, 0.3) is 5.57 Å². The van der Waals surface area contributed by atoms with Crippen LogP contribution in [-0.4, -0.2) is 30.9 Å². The molecule has 1 aromatic rings. The van der Waals surface area contributed by atoms with E-state index in [-0.39, 0.29) is 5.97 Å². The van der Waals surface area contributed by atoms with Gasteiger partial charge < -0.3 is 19.3 Å². The highest BCUT2D eigenvalue weighted by Crippen LogP contribution is 2.40. The molecule has 0 fully saturated rings. The molecule has 4 rings (SSSR count). The van der Waals surface area contributed by atoms with Crippen LogP contribution in [0.5, 0.6) is 0 Å². The first kappa shape index (κ1) is 19.5. The SMILES string of the molecule is COC1=C(OCC2C=CC(C)=CC2)CC2OC(=O)c3cc(C(C)O)ccc3C2=C1. The van der Waals surface area contributed by atoms with E-state index in [4.69, 9.17) is 14.2 Å². The second-order valence-corrected chi connectivity index (χ2v) is 7.78. The van der Waals surface area contributed by atoms with Gasteiger partial charge in [0, 0.05) is 11.5 Å². The molecule has 0 bridgehead atoms. The molecule has 0 saturated carbocycles. The molecule has 0 aromatic heterocycles. The smallest absolute Gasteiger partial charge is 0.339 e. The molecule has 5 heteroatoms. The predicted molar refractivity (Wildman–Crippen MR) is 110 cm³/mol. The lowest BCUT2D eigenvalue weighted by Crippen LogP contribution is -2.30. The monoisotopic (exact) mass is 394 g/mol.